The van der Waals surface area contributed by atoms with Gasteiger partial charge in [-0.25, -0.2) is 18.3 Å². The Labute approximate surface area is 143 Å². The van der Waals surface area contributed by atoms with Gasteiger partial charge >= 0.3 is 5.69 Å². The largest absolute Gasteiger partial charge is 0.346 e. The fourth-order valence-corrected chi connectivity index (χ4v) is 2.71. The molecule has 0 aliphatic rings. The third-order valence-electron chi connectivity index (χ3n) is 4.09. The van der Waals surface area contributed by atoms with E-state index in [-0.39, 0.29) is 6.54 Å². The standard InChI is InChI=1S/C18H18F2N4O/c1-11-7-8-13(15-6-4-5-12(2)21-15)9-14(11)10-24-17(16(19)20)22-23(3)18(24)25/h4-9,16H,10H2,1-3H3. The first kappa shape index (κ1) is 17.0. The van der Waals surface area contributed by atoms with Gasteiger partial charge in [-0.05, 0) is 43.2 Å². The number of alkyl halides is 2. The molecular formula is C18H18F2N4O. The highest BCUT2D eigenvalue weighted by Crippen LogP contribution is 2.23. The minimum atomic E-state index is -2.81. The molecule has 5 nitrogen and oxygen atoms in total. The summed E-state index contributed by atoms with van der Waals surface area (Å²) in [7, 11) is 1.37. The summed E-state index contributed by atoms with van der Waals surface area (Å²) < 4.78 is 28.3. The number of aromatic nitrogens is 4. The second-order valence-electron chi connectivity index (χ2n) is 5.96. The second kappa shape index (κ2) is 6.58. The Morgan fingerprint density at radius 1 is 1.16 bits per heavy atom. The van der Waals surface area contributed by atoms with E-state index in [4.69, 9.17) is 0 Å². The van der Waals surface area contributed by atoms with Gasteiger partial charge in [0.1, 0.15) is 0 Å². The molecule has 0 saturated carbocycles. The Morgan fingerprint density at radius 3 is 2.60 bits per heavy atom. The second-order valence-corrected chi connectivity index (χ2v) is 5.96. The molecule has 3 rings (SSSR count). The zero-order valence-electron chi connectivity index (χ0n) is 14.2. The van der Waals surface area contributed by atoms with Crippen molar-refractivity contribution in [1.29, 1.82) is 0 Å². The van der Waals surface area contributed by atoms with Crippen LogP contribution in [-0.2, 0) is 13.6 Å². The van der Waals surface area contributed by atoms with Gasteiger partial charge in [-0.1, -0.05) is 18.2 Å². The SMILES string of the molecule is Cc1cccc(-c2ccc(C)c(Cn3c(C(F)F)nn(C)c3=O)c2)n1. The predicted octanol–water partition coefficient (Wildman–Crippen LogP) is 3.25. The van der Waals surface area contributed by atoms with Gasteiger partial charge in [0.25, 0.3) is 6.43 Å². The van der Waals surface area contributed by atoms with Gasteiger partial charge in [-0.15, -0.1) is 5.10 Å². The quantitative estimate of drug-likeness (QED) is 0.730. The molecule has 0 spiro atoms. The van der Waals surface area contributed by atoms with Gasteiger partial charge in [-0.3, -0.25) is 9.55 Å². The minimum absolute atomic E-state index is 0.0395. The first-order valence-corrected chi connectivity index (χ1v) is 7.82. The number of hydrogen-bond donors (Lipinski definition) is 0. The topological polar surface area (TPSA) is 52.7 Å². The molecule has 2 aromatic heterocycles. The van der Waals surface area contributed by atoms with E-state index < -0.39 is 17.9 Å². The molecule has 0 N–H and O–H groups in total. The molecule has 0 aliphatic heterocycles. The van der Waals surface area contributed by atoms with E-state index in [2.05, 4.69) is 10.1 Å². The molecule has 0 aliphatic carbocycles. The van der Waals surface area contributed by atoms with Gasteiger partial charge in [0, 0.05) is 18.3 Å². The van der Waals surface area contributed by atoms with Crippen LogP contribution in [0.25, 0.3) is 11.3 Å². The molecule has 0 radical (unpaired) electrons. The van der Waals surface area contributed by atoms with E-state index in [1.54, 1.807) is 0 Å². The van der Waals surface area contributed by atoms with Crippen molar-refractivity contribution >= 4 is 0 Å². The lowest BCUT2D eigenvalue weighted by Gasteiger charge is -2.11. The van der Waals surface area contributed by atoms with E-state index in [9.17, 15) is 13.6 Å². The van der Waals surface area contributed by atoms with Crippen molar-refractivity contribution in [1.82, 2.24) is 19.3 Å². The highest BCUT2D eigenvalue weighted by atomic mass is 19.3. The van der Waals surface area contributed by atoms with Gasteiger partial charge < -0.3 is 0 Å². The summed E-state index contributed by atoms with van der Waals surface area (Å²) in [5.41, 5.74) is 3.69. The highest BCUT2D eigenvalue weighted by molar-refractivity contribution is 5.61. The summed E-state index contributed by atoms with van der Waals surface area (Å²) in [6.45, 7) is 3.83. The Morgan fingerprint density at radius 2 is 1.92 bits per heavy atom. The fraction of sp³-hybridized carbons (Fsp3) is 0.278. The fourth-order valence-electron chi connectivity index (χ4n) is 2.71. The lowest BCUT2D eigenvalue weighted by atomic mass is 10.0. The van der Waals surface area contributed by atoms with Gasteiger partial charge in [0.15, 0.2) is 0 Å². The van der Waals surface area contributed by atoms with Crippen LogP contribution in [0.5, 0.6) is 0 Å². The maximum absolute atomic E-state index is 13.2. The van der Waals surface area contributed by atoms with Crippen LogP contribution in [0.2, 0.25) is 0 Å². The predicted molar refractivity (Wildman–Crippen MR) is 90.7 cm³/mol. The number of hydrogen-bond acceptors (Lipinski definition) is 3. The number of nitrogens with zero attached hydrogens (tertiary/aromatic N) is 4. The van der Waals surface area contributed by atoms with Crippen molar-refractivity contribution in [3.05, 3.63) is 69.5 Å². The molecule has 1 aromatic carbocycles. The van der Waals surface area contributed by atoms with Crippen molar-refractivity contribution in [3.8, 4) is 11.3 Å². The van der Waals surface area contributed by atoms with Crippen LogP contribution < -0.4 is 5.69 Å². The van der Waals surface area contributed by atoms with E-state index >= 15 is 0 Å². The first-order valence-electron chi connectivity index (χ1n) is 7.82. The van der Waals surface area contributed by atoms with Crippen LogP contribution in [0.1, 0.15) is 29.1 Å². The number of rotatable bonds is 4. The van der Waals surface area contributed by atoms with E-state index in [0.717, 1.165) is 37.3 Å². The normalized spacial score (nSPS) is 11.3. The molecule has 0 bridgehead atoms. The molecule has 0 fully saturated rings. The lowest BCUT2D eigenvalue weighted by molar-refractivity contribution is 0.134. The van der Waals surface area contributed by atoms with Crippen LogP contribution >= 0.6 is 0 Å². The zero-order chi connectivity index (χ0) is 18.1. The Bertz CT molecular complexity index is 975. The first-order chi connectivity index (χ1) is 11.9. The maximum atomic E-state index is 13.2. The van der Waals surface area contributed by atoms with Crippen molar-refractivity contribution in [3.63, 3.8) is 0 Å². The van der Waals surface area contributed by atoms with Crippen LogP contribution in [-0.4, -0.2) is 19.3 Å². The Hall–Kier alpha value is -2.83. The van der Waals surface area contributed by atoms with Gasteiger partial charge in [0.05, 0.1) is 12.2 Å². The van der Waals surface area contributed by atoms with E-state index in [1.165, 1.54) is 7.05 Å². The van der Waals surface area contributed by atoms with Crippen molar-refractivity contribution < 1.29 is 8.78 Å². The summed E-state index contributed by atoms with van der Waals surface area (Å²) in [5, 5.41) is 3.63. The molecular weight excluding hydrogens is 326 g/mol. The third-order valence-corrected chi connectivity index (χ3v) is 4.09. The van der Waals surface area contributed by atoms with Crippen LogP contribution in [0.4, 0.5) is 8.78 Å². The van der Waals surface area contributed by atoms with Crippen molar-refractivity contribution in [2.45, 2.75) is 26.8 Å². The number of halogens is 2. The van der Waals surface area contributed by atoms with Gasteiger partial charge in [0.2, 0.25) is 5.82 Å². The molecule has 0 atom stereocenters. The monoisotopic (exact) mass is 344 g/mol. The third kappa shape index (κ3) is 3.35. The Kier molecular flexibility index (Phi) is 4.48. The molecule has 130 valence electrons. The van der Waals surface area contributed by atoms with Crippen molar-refractivity contribution in [2.75, 3.05) is 0 Å². The van der Waals surface area contributed by atoms with Crippen molar-refractivity contribution in [2.24, 2.45) is 7.05 Å². The summed E-state index contributed by atoms with van der Waals surface area (Å²) in [6, 6.07) is 11.4. The van der Waals surface area contributed by atoms with Gasteiger partial charge in [-0.2, -0.15) is 0 Å². The van der Waals surface area contributed by atoms with Crippen LogP contribution in [0.3, 0.4) is 0 Å². The molecule has 2 heterocycles. The highest BCUT2D eigenvalue weighted by Gasteiger charge is 2.20. The van der Waals surface area contributed by atoms with E-state index in [0.29, 0.717) is 0 Å². The number of pyridine rings is 1. The molecule has 3 aromatic rings. The molecule has 0 unspecified atom stereocenters. The summed E-state index contributed by atoms with van der Waals surface area (Å²) >= 11 is 0. The average molecular weight is 344 g/mol. The minimum Gasteiger partial charge on any atom is -0.270 e. The number of benzene rings is 1. The van der Waals surface area contributed by atoms with Crippen LogP contribution in [0.15, 0.2) is 41.2 Å². The summed E-state index contributed by atoms with van der Waals surface area (Å²) in [6.07, 6.45) is -2.81. The zero-order valence-corrected chi connectivity index (χ0v) is 14.2. The van der Waals surface area contributed by atoms with E-state index in [1.807, 2.05) is 50.2 Å². The molecule has 7 heteroatoms. The summed E-state index contributed by atoms with van der Waals surface area (Å²) in [4.78, 5) is 16.6. The molecule has 25 heavy (non-hydrogen) atoms. The lowest BCUT2D eigenvalue weighted by Crippen LogP contribution is -2.24. The average Bonchev–Trinajstić information content (AvgIpc) is 2.85. The smallest absolute Gasteiger partial charge is 0.270 e. The molecule has 0 saturated heterocycles. The number of aryl methyl sites for hydroxylation is 3. The molecule has 0 amide bonds. The van der Waals surface area contributed by atoms with Crippen LogP contribution in [0, 0.1) is 13.8 Å². The maximum Gasteiger partial charge on any atom is 0.346 e. The summed E-state index contributed by atoms with van der Waals surface area (Å²) in [5.74, 6) is -0.522. The Balaban J connectivity index is 2.05.